The van der Waals surface area contributed by atoms with E-state index in [1.54, 1.807) is 0 Å². The molecule has 1 aliphatic heterocycles. The highest BCUT2D eigenvalue weighted by Crippen LogP contribution is 1.81. The number of amides is 1. The Balaban J connectivity index is 2.36. The lowest BCUT2D eigenvalue weighted by molar-refractivity contribution is -0.117. The van der Waals surface area contributed by atoms with Crippen LogP contribution < -0.4 is 10.6 Å². The number of hydrogen-bond donors (Lipinski definition) is 2. The number of guanidine groups is 1. The molecular formula is C5H9N3O. The fourth-order valence-corrected chi connectivity index (χ4v) is 0.630. The first kappa shape index (κ1) is 6.07. The molecule has 0 saturated carbocycles. The van der Waals surface area contributed by atoms with Crippen LogP contribution in [0.3, 0.4) is 0 Å². The molecule has 0 spiro atoms. The number of carbonyl (C=O) groups is 1. The third-order valence-corrected chi connectivity index (χ3v) is 0.983. The zero-order chi connectivity index (χ0) is 6.69. The van der Waals surface area contributed by atoms with E-state index in [-0.39, 0.29) is 12.5 Å². The first-order valence-electron chi connectivity index (χ1n) is 2.91. The molecule has 0 aliphatic carbocycles. The lowest BCUT2D eigenvalue weighted by Gasteiger charge is -1.98. The maximum absolute atomic E-state index is 10.5. The van der Waals surface area contributed by atoms with Gasteiger partial charge in [-0.3, -0.25) is 10.1 Å². The largest absolute Gasteiger partial charge is 0.356 e. The van der Waals surface area contributed by atoms with Crippen LogP contribution in [0.4, 0.5) is 0 Å². The average Bonchev–Trinajstić information content (AvgIpc) is 2.17. The van der Waals surface area contributed by atoms with Crippen molar-refractivity contribution in [1.82, 2.24) is 10.6 Å². The molecule has 4 heteroatoms. The predicted molar refractivity (Wildman–Crippen MR) is 34.1 cm³/mol. The molecule has 0 saturated heterocycles. The second kappa shape index (κ2) is 2.48. The molecule has 1 aliphatic rings. The summed E-state index contributed by atoms with van der Waals surface area (Å²) in [5, 5.41) is 5.45. The van der Waals surface area contributed by atoms with E-state index in [4.69, 9.17) is 0 Å². The van der Waals surface area contributed by atoms with E-state index in [0.717, 1.165) is 6.54 Å². The van der Waals surface area contributed by atoms with Crippen molar-refractivity contribution in [2.24, 2.45) is 4.99 Å². The Morgan fingerprint density at radius 2 is 2.67 bits per heavy atom. The van der Waals surface area contributed by atoms with Gasteiger partial charge in [-0.2, -0.15) is 0 Å². The highest BCUT2D eigenvalue weighted by molar-refractivity contribution is 6.02. The number of rotatable bonds is 1. The Morgan fingerprint density at radius 3 is 3.11 bits per heavy atom. The number of hydrogen-bond acceptors (Lipinski definition) is 3. The molecule has 0 atom stereocenters. The highest BCUT2D eigenvalue weighted by atomic mass is 16.2. The number of aliphatic imine (C=N–C) groups is 1. The predicted octanol–water partition coefficient (Wildman–Crippen LogP) is -0.918. The molecule has 50 valence electrons. The van der Waals surface area contributed by atoms with E-state index in [9.17, 15) is 4.79 Å². The van der Waals surface area contributed by atoms with Crippen molar-refractivity contribution in [3.05, 3.63) is 0 Å². The van der Waals surface area contributed by atoms with Gasteiger partial charge in [-0.05, 0) is 6.92 Å². The van der Waals surface area contributed by atoms with Crippen LogP contribution in [0.1, 0.15) is 6.92 Å². The zero-order valence-electron chi connectivity index (χ0n) is 5.27. The first-order valence-corrected chi connectivity index (χ1v) is 2.91. The van der Waals surface area contributed by atoms with Crippen LogP contribution in [0, 0.1) is 0 Å². The van der Waals surface area contributed by atoms with Gasteiger partial charge in [0, 0.05) is 6.54 Å². The summed E-state index contributed by atoms with van der Waals surface area (Å²) in [6.07, 6.45) is 0. The van der Waals surface area contributed by atoms with E-state index in [2.05, 4.69) is 15.6 Å². The second-order valence-electron chi connectivity index (χ2n) is 1.74. The molecule has 9 heavy (non-hydrogen) atoms. The van der Waals surface area contributed by atoms with Gasteiger partial charge in [0.2, 0.25) is 5.91 Å². The monoisotopic (exact) mass is 127 g/mol. The molecule has 1 heterocycles. The fraction of sp³-hybridized carbons (Fsp3) is 0.600. The van der Waals surface area contributed by atoms with Gasteiger partial charge in [-0.25, -0.2) is 4.99 Å². The maximum atomic E-state index is 10.5. The average molecular weight is 127 g/mol. The summed E-state index contributed by atoms with van der Waals surface area (Å²) in [6, 6.07) is 0. The maximum Gasteiger partial charge on any atom is 0.248 e. The van der Waals surface area contributed by atoms with Crippen molar-refractivity contribution in [2.45, 2.75) is 6.92 Å². The van der Waals surface area contributed by atoms with Crippen LogP contribution >= 0.6 is 0 Å². The van der Waals surface area contributed by atoms with Crippen LogP contribution in [0.5, 0.6) is 0 Å². The fourth-order valence-electron chi connectivity index (χ4n) is 0.630. The van der Waals surface area contributed by atoms with Crippen molar-refractivity contribution in [1.29, 1.82) is 0 Å². The summed E-state index contributed by atoms with van der Waals surface area (Å²) < 4.78 is 0. The highest BCUT2D eigenvalue weighted by Gasteiger charge is 2.10. The summed E-state index contributed by atoms with van der Waals surface area (Å²) >= 11 is 0. The summed E-state index contributed by atoms with van der Waals surface area (Å²) in [4.78, 5) is 14.3. The van der Waals surface area contributed by atoms with Crippen molar-refractivity contribution >= 4 is 11.9 Å². The Morgan fingerprint density at radius 1 is 1.89 bits per heavy atom. The molecule has 1 rings (SSSR count). The van der Waals surface area contributed by atoms with Gasteiger partial charge in [-0.1, -0.05) is 0 Å². The molecule has 0 aromatic rings. The second-order valence-corrected chi connectivity index (χ2v) is 1.74. The molecule has 4 nitrogen and oxygen atoms in total. The molecule has 1 amide bonds. The van der Waals surface area contributed by atoms with Gasteiger partial charge in [0.05, 0.1) is 0 Å². The number of carbonyl (C=O) groups excluding carboxylic acids is 1. The molecule has 0 fully saturated rings. The van der Waals surface area contributed by atoms with Crippen LogP contribution in [-0.2, 0) is 4.79 Å². The van der Waals surface area contributed by atoms with Crippen molar-refractivity contribution in [2.75, 3.05) is 13.1 Å². The van der Waals surface area contributed by atoms with Crippen LogP contribution in [0.15, 0.2) is 4.99 Å². The lowest BCUT2D eigenvalue weighted by atomic mass is 10.6. The van der Waals surface area contributed by atoms with Gasteiger partial charge >= 0.3 is 0 Å². The molecule has 0 radical (unpaired) electrons. The Kier molecular flexibility index (Phi) is 1.67. The minimum Gasteiger partial charge on any atom is -0.356 e. The van der Waals surface area contributed by atoms with Crippen LogP contribution in [-0.4, -0.2) is 25.0 Å². The van der Waals surface area contributed by atoms with Gasteiger partial charge in [0.1, 0.15) is 6.54 Å². The third kappa shape index (κ3) is 1.42. The first-order chi connectivity index (χ1) is 4.33. The van der Waals surface area contributed by atoms with Gasteiger partial charge in [-0.15, -0.1) is 0 Å². The van der Waals surface area contributed by atoms with Crippen molar-refractivity contribution in [3.63, 3.8) is 0 Å². The summed E-state index contributed by atoms with van der Waals surface area (Å²) in [6.45, 7) is 3.01. The van der Waals surface area contributed by atoms with Gasteiger partial charge in [0.25, 0.3) is 0 Å². The smallest absolute Gasteiger partial charge is 0.248 e. The minimum atomic E-state index is -0.0362. The van der Waals surface area contributed by atoms with E-state index in [1.165, 1.54) is 0 Å². The minimum absolute atomic E-state index is 0.0362. The van der Waals surface area contributed by atoms with E-state index in [0.29, 0.717) is 5.96 Å². The number of nitrogens with zero attached hydrogens (tertiary/aromatic N) is 1. The van der Waals surface area contributed by atoms with Crippen molar-refractivity contribution < 1.29 is 4.79 Å². The summed E-state index contributed by atoms with van der Waals surface area (Å²) in [5.41, 5.74) is 0. The quantitative estimate of drug-likeness (QED) is 0.478. The van der Waals surface area contributed by atoms with E-state index < -0.39 is 0 Å². The third-order valence-electron chi connectivity index (χ3n) is 0.983. The van der Waals surface area contributed by atoms with E-state index >= 15 is 0 Å². The van der Waals surface area contributed by atoms with Crippen molar-refractivity contribution in [3.8, 4) is 0 Å². The molecule has 0 unspecified atom stereocenters. The van der Waals surface area contributed by atoms with Crippen LogP contribution in [0.25, 0.3) is 0 Å². The normalized spacial score (nSPS) is 17.0. The molecule has 0 aromatic heterocycles. The SMILES string of the molecule is CCNC1=NCC(=O)N1. The summed E-state index contributed by atoms with van der Waals surface area (Å²) in [7, 11) is 0. The van der Waals surface area contributed by atoms with E-state index in [1.807, 2.05) is 6.92 Å². The molecular weight excluding hydrogens is 118 g/mol. The standard InChI is InChI=1S/C5H9N3O/c1-2-6-5-7-3-4(9)8-5/h2-3H2,1H3,(H2,6,7,8,9). The Hall–Kier alpha value is -1.06. The number of nitrogens with one attached hydrogen (secondary N) is 2. The molecule has 0 bridgehead atoms. The van der Waals surface area contributed by atoms with Crippen LogP contribution in [0.2, 0.25) is 0 Å². The topological polar surface area (TPSA) is 53.5 Å². The Bertz CT molecular complexity index is 152. The molecule has 2 N–H and O–H groups in total. The van der Waals surface area contributed by atoms with Gasteiger partial charge in [0.15, 0.2) is 5.96 Å². The lowest BCUT2D eigenvalue weighted by Crippen LogP contribution is -2.35. The molecule has 0 aromatic carbocycles. The van der Waals surface area contributed by atoms with Gasteiger partial charge < -0.3 is 5.32 Å². The summed E-state index contributed by atoms with van der Waals surface area (Å²) in [5.74, 6) is 0.563. The zero-order valence-corrected chi connectivity index (χ0v) is 5.27. The Labute approximate surface area is 53.3 Å².